The van der Waals surface area contributed by atoms with E-state index in [1.54, 1.807) is 0 Å². The molecule has 0 aromatic heterocycles. The summed E-state index contributed by atoms with van der Waals surface area (Å²) >= 11 is 0. The molecule has 0 aliphatic rings. The van der Waals surface area contributed by atoms with Crippen LogP contribution >= 0.6 is 0 Å². The average Bonchev–Trinajstić information content (AvgIpc) is 2.82. The van der Waals surface area contributed by atoms with Crippen LogP contribution in [0.1, 0.15) is 176 Å². The molecule has 0 radical (unpaired) electrons. The molecule has 0 aromatic rings. The maximum Gasteiger partial charge on any atom is 0.508 e. The second kappa shape index (κ2) is 26.3. The zero-order valence-corrected chi connectivity index (χ0v) is 24.7. The van der Waals surface area contributed by atoms with Crippen LogP contribution in [-0.2, 0) is 9.47 Å². The third-order valence-corrected chi connectivity index (χ3v) is 7.26. The molecule has 3 nitrogen and oxygen atoms in total. The Morgan fingerprint density at radius 1 is 0.486 bits per heavy atom. The minimum atomic E-state index is -0.499. The van der Waals surface area contributed by atoms with Crippen LogP contribution in [0.25, 0.3) is 0 Å². The standard InChI is InChI=1S/C32H64O3/c1-6-7-8-9-10-11-12-13-14-15-16-17-18-19-20-21-22-23-24-25-26-27-28-34-32(33)35-31(29(2)3)30(4)5/h29-31H,6-28H2,1-5H3. The first-order chi connectivity index (χ1) is 17.0. The first kappa shape index (κ1) is 34.3. The molecule has 0 N–H and O–H groups in total. The van der Waals surface area contributed by atoms with Gasteiger partial charge in [-0.05, 0) is 18.3 Å². The number of unbranched alkanes of at least 4 members (excludes halogenated alkanes) is 21. The third-order valence-electron chi connectivity index (χ3n) is 7.26. The van der Waals surface area contributed by atoms with Gasteiger partial charge in [0.2, 0.25) is 0 Å². The van der Waals surface area contributed by atoms with Gasteiger partial charge in [-0.15, -0.1) is 0 Å². The summed E-state index contributed by atoms with van der Waals surface area (Å²) in [5, 5.41) is 0. The van der Waals surface area contributed by atoms with Gasteiger partial charge in [0.15, 0.2) is 0 Å². The lowest BCUT2D eigenvalue weighted by Crippen LogP contribution is -2.29. The summed E-state index contributed by atoms with van der Waals surface area (Å²) in [6, 6.07) is 0. The Bertz CT molecular complexity index is 425. The molecule has 0 bridgehead atoms. The van der Waals surface area contributed by atoms with Crippen LogP contribution in [0, 0.1) is 11.8 Å². The van der Waals surface area contributed by atoms with Gasteiger partial charge in [-0.1, -0.05) is 169 Å². The molecular formula is C32H64O3. The lowest BCUT2D eigenvalue weighted by Gasteiger charge is -2.24. The average molecular weight is 497 g/mol. The Morgan fingerprint density at radius 2 is 0.771 bits per heavy atom. The molecule has 210 valence electrons. The number of hydrogen-bond donors (Lipinski definition) is 0. The van der Waals surface area contributed by atoms with Crippen LogP contribution < -0.4 is 0 Å². The highest BCUT2D eigenvalue weighted by Gasteiger charge is 2.22. The number of carbonyl (C=O) groups excluding carboxylic acids is 1. The van der Waals surface area contributed by atoms with Crippen LogP contribution in [0.5, 0.6) is 0 Å². The molecule has 0 amide bonds. The molecule has 0 unspecified atom stereocenters. The molecular weight excluding hydrogens is 432 g/mol. The molecule has 0 heterocycles. The van der Waals surface area contributed by atoms with Gasteiger partial charge in [0.25, 0.3) is 0 Å². The minimum Gasteiger partial charge on any atom is -0.434 e. The molecule has 0 fully saturated rings. The van der Waals surface area contributed by atoms with E-state index in [1.807, 2.05) is 0 Å². The number of rotatable bonds is 26. The van der Waals surface area contributed by atoms with Crippen molar-refractivity contribution in [3.63, 3.8) is 0 Å². The Morgan fingerprint density at radius 3 is 1.06 bits per heavy atom. The molecule has 0 aliphatic heterocycles. The van der Waals surface area contributed by atoms with Crippen molar-refractivity contribution in [1.82, 2.24) is 0 Å². The van der Waals surface area contributed by atoms with E-state index in [2.05, 4.69) is 34.6 Å². The predicted molar refractivity (Wildman–Crippen MR) is 153 cm³/mol. The van der Waals surface area contributed by atoms with Gasteiger partial charge in [-0.3, -0.25) is 0 Å². The summed E-state index contributed by atoms with van der Waals surface area (Å²) in [4.78, 5) is 11.8. The van der Waals surface area contributed by atoms with E-state index < -0.39 is 6.16 Å². The van der Waals surface area contributed by atoms with Crippen molar-refractivity contribution in [2.45, 2.75) is 182 Å². The van der Waals surface area contributed by atoms with Crippen molar-refractivity contribution in [3.05, 3.63) is 0 Å². The quantitative estimate of drug-likeness (QED) is 0.0882. The lowest BCUT2D eigenvalue weighted by atomic mass is 9.96. The fourth-order valence-electron chi connectivity index (χ4n) is 5.05. The Hall–Kier alpha value is -0.730. The maximum absolute atomic E-state index is 11.8. The summed E-state index contributed by atoms with van der Waals surface area (Å²) in [6.07, 6.45) is 29.9. The van der Waals surface area contributed by atoms with E-state index >= 15 is 0 Å². The molecule has 35 heavy (non-hydrogen) atoms. The number of carbonyl (C=O) groups is 1. The molecule has 3 heteroatoms. The molecule has 0 aromatic carbocycles. The van der Waals surface area contributed by atoms with Crippen LogP contribution in [0.4, 0.5) is 4.79 Å². The summed E-state index contributed by atoms with van der Waals surface area (Å²) in [5.41, 5.74) is 0. The first-order valence-electron chi connectivity index (χ1n) is 15.8. The second-order valence-electron chi connectivity index (χ2n) is 11.6. The molecule has 0 saturated carbocycles. The van der Waals surface area contributed by atoms with Crippen LogP contribution in [0.15, 0.2) is 0 Å². The van der Waals surface area contributed by atoms with E-state index in [0.717, 1.165) is 12.8 Å². The van der Waals surface area contributed by atoms with Crippen molar-refractivity contribution < 1.29 is 14.3 Å². The zero-order chi connectivity index (χ0) is 26.0. The minimum absolute atomic E-state index is 0.0629. The van der Waals surface area contributed by atoms with Gasteiger partial charge in [-0.2, -0.15) is 0 Å². The van der Waals surface area contributed by atoms with Crippen molar-refractivity contribution in [1.29, 1.82) is 0 Å². The number of ether oxygens (including phenoxy) is 2. The van der Waals surface area contributed by atoms with Crippen LogP contribution in [0.2, 0.25) is 0 Å². The number of hydrogen-bond acceptors (Lipinski definition) is 3. The zero-order valence-electron chi connectivity index (χ0n) is 24.7. The van der Waals surface area contributed by atoms with Gasteiger partial charge in [0.05, 0.1) is 6.61 Å². The third kappa shape index (κ3) is 24.7. The largest absolute Gasteiger partial charge is 0.508 e. The summed E-state index contributed by atoms with van der Waals surface area (Å²) in [7, 11) is 0. The van der Waals surface area contributed by atoms with E-state index in [9.17, 15) is 4.79 Å². The van der Waals surface area contributed by atoms with Gasteiger partial charge >= 0.3 is 6.16 Å². The van der Waals surface area contributed by atoms with Crippen molar-refractivity contribution >= 4 is 6.16 Å². The van der Waals surface area contributed by atoms with Crippen molar-refractivity contribution in [2.24, 2.45) is 11.8 Å². The van der Waals surface area contributed by atoms with Crippen LogP contribution in [-0.4, -0.2) is 18.9 Å². The highest BCUT2D eigenvalue weighted by atomic mass is 16.7. The van der Waals surface area contributed by atoms with Gasteiger partial charge in [0.1, 0.15) is 6.10 Å². The Balaban J connectivity index is 3.23. The SMILES string of the molecule is CCCCCCCCCCCCCCCCCCCCCCCCOC(=O)OC(C(C)C)C(C)C. The highest BCUT2D eigenvalue weighted by molar-refractivity contribution is 5.60. The van der Waals surface area contributed by atoms with Crippen molar-refractivity contribution in [3.8, 4) is 0 Å². The first-order valence-corrected chi connectivity index (χ1v) is 15.8. The Kier molecular flexibility index (Phi) is 25.8. The molecule has 0 spiro atoms. The highest BCUT2D eigenvalue weighted by Crippen LogP contribution is 2.18. The summed E-state index contributed by atoms with van der Waals surface area (Å²) in [6.45, 7) is 11.1. The van der Waals surface area contributed by atoms with Gasteiger partial charge in [0, 0.05) is 0 Å². The van der Waals surface area contributed by atoms with Gasteiger partial charge < -0.3 is 9.47 Å². The fourth-order valence-corrected chi connectivity index (χ4v) is 5.05. The molecule has 0 aliphatic carbocycles. The smallest absolute Gasteiger partial charge is 0.434 e. The fraction of sp³-hybridized carbons (Fsp3) is 0.969. The maximum atomic E-state index is 11.8. The second-order valence-corrected chi connectivity index (χ2v) is 11.6. The van der Waals surface area contributed by atoms with E-state index in [-0.39, 0.29) is 6.10 Å². The summed E-state index contributed by atoms with van der Waals surface area (Å²) in [5.74, 6) is 0.633. The van der Waals surface area contributed by atoms with E-state index in [0.29, 0.717) is 18.4 Å². The van der Waals surface area contributed by atoms with Crippen molar-refractivity contribution in [2.75, 3.05) is 6.61 Å². The Labute approximate surface area is 220 Å². The van der Waals surface area contributed by atoms with Crippen LogP contribution in [0.3, 0.4) is 0 Å². The topological polar surface area (TPSA) is 35.5 Å². The summed E-state index contributed by atoms with van der Waals surface area (Å²) < 4.78 is 10.7. The normalized spacial score (nSPS) is 11.7. The molecule has 0 saturated heterocycles. The lowest BCUT2D eigenvalue weighted by molar-refractivity contribution is -0.0110. The molecule has 0 rings (SSSR count). The monoisotopic (exact) mass is 496 g/mol. The van der Waals surface area contributed by atoms with E-state index in [4.69, 9.17) is 9.47 Å². The van der Waals surface area contributed by atoms with Gasteiger partial charge in [-0.25, -0.2) is 4.79 Å². The van der Waals surface area contributed by atoms with E-state index in [1.165, 1.54) is 128 Å². The predicted octanol–water partition coefficient (Wildman–Crippen LogP) is 11.4. The molecule has 0 atom stereocenters.